The number of carbonyl (C=O) groups is 2. The molecule has 168 valence electrons. The SMILES string of the molecule is COC(=O)c1ccc([C@H]2CCC[C@@](CCCO[Si](C)(C)C(C)(C)C)(C(=O)O)C2)cc1. The van der Waals surface area contributed by atoms with E-state index in [0.29, 0.717) is 25.0 Å². The molecule has 30 heavy (non-hydrogen) atoms. The van der Waals surface area contributed by atoms with Crippen LogP contribution in [0, 0.1) is 5.41 Å². The van der Waals surface area contributed by atoms with E-state index < -0.39 is 19.7 Å². The van der Waals surface area contributed by atoms with Crippen LogP contribution in [0.3, 0.4) is 0 Å². The van der Waals surface area contributed by atoms with Crippen LogP contribution in [0.1, 0.15) is 81.1 Å². The highest BCUT2D eigenvalue weighted by molar-refractivity contribution is 6.74. The molecule has 0 saturated heterocycles. The van der Waals surface area contributed by atoms with Gasteiger partial charge in [-0.3, -0.25) is 4.79 Å². The van der Waals surface area contributed by atoms with Crippen molar-refractivity contribution in [2.75, 3.05) is 13.7 Å². The molecule has 0 heterocycles. The third-order valence-corrected chi connectivity index (χ3v) is 11.7. The van der Waals surface area contributed by atoms with Crippen LogP contribution in [0.25, 0.3) is 0 Å². The van der Waals surface area contributed by atoms with Gasteiger partial charge < -0.3 is 14.3 Å². The Morgan fingerprint density at radius 3 is 2.37 bits per heavy atom. The van der Waals surface area contributed by atoms with Gasteiger partial charge in [0, 0.05) is 6.61 Å². The maximum atomic E-state index is 12.3. The predicted octanol–water partition coefficient (Wildman–Crippen LogP) is 6.00. The fraction of sp³-hybridized carbons (Fsp3) is 0.667. The van der Waals surface area contributed by atoms with Crippen molar-refractivity contribution in [3.8, 4) is 0 Å². The van der Waals surface area contributed by atoms with E-state index in [4.69, 9.17) is 9.16 Å². The highest BCUT2D eigenvalue weighted by atomic mass is 28.4. The maximum Gasteiger partial charge on any atom is 0.337 e. The van der Waals surface area contributed by atoms with Gasteiger partial charge in [0.15, 0.2) is 8.32 Å². The zero-order chi connectivity index (χ0) is 22.6. The molecular formula is C24H38O5Si. The Bertz CT molecular complexity index is 735. The molecule has 2 atom stereocenters. The van der Waals surface area contributed by atoms with E-state index in [1.54, 1.807) is 12.1 Å². The largest absolute Gasteiger partial charge is 0.481 e. The second kappa shape index (κ2) is 9.65. The standard InChI is InChI=1S/C24H38O5Si/c1-23(2,3)30(5,6)29-16-8-15-24(22(26)27)14-7-9-20(17-24)18-10-12-19(13-11-18)21(25)28-4/h10-13,20H,7-9,14-17H2,1-6H3,(H,26,27)/t20-,24-/m0/s1. The first-order chi connectivity index (χ1) is 13.9. The summed E-state index contributed by atoms with van der Waals surface area (Å²) in [6.45, 7) is 11.7. The molecule has 0 spiro atoms. The van der Waals surface area contributed by atoms with Gasteiger partial charge in [-0.15, -0.1) is 0 Å². The van der Waals surface area contributed by atoms with Gasteiger partial charge in [0.2, 0.25) is 0 Å². The Labute approximate surface area is 182 Å². The fourth-order valence-electron chi connectivity index (χ4n) is 4.14. The number of hydrogen-bond acceptors (Lipinski definition) is 4. The number of rotatable bonds is 8. The minimum Gasteiger partial charge on any atom is -0.481 e. The van der Waals surface area contributed by atoms with Crippen LogP contribution in [0.4, 0.5) is 0 Å². The minimum atomic E-state index is -1.81. The van der Waals surface area contributed by atoms with Crippen LogP contribution in [0.5, 0.6) is 0 Å². The summed E-state index contributed by atoms with van der Waals surface area (Å²) in [7, 11) is -0.444. The number of carbonyl (C=O) groups excluding carboxylic acids is 1. The quantitative estimate of drug-likeness (QED) is 0.308. The summed E-state index contributed by atoms with van der Waals surface area (Å²) in [5.74, 6) is -0.847. The minimum absolute atomic E-state index is 0.157. The van der Waals surface area contributed by atoms with Gasteiger partial charge in [-0.2, -0.15) is 0 Å². The lowest BCUT2D eigenvalue weighted by atomic mass is 9.66. The van der Waals surface area contributed by atoms with Gasteiger partial charge in [-0.1, -0.05) is 39.3 Å². The Balaban J connectivity index is 2.04. The van der Waals surface area contributed by atoms with Crippen molar-refractivity contribution in [2.24, 2.45) is 5.41 Å². The smallest absolute Gasteiger partial charge is 0.337 e. The topological polar surface area (TPSA) is 72.8 Å². The highest BCUT2D eigenvalue weighted by Crippen LogP contribution is 2.47. The molecule has 6 heteroatoms. The first-order valence-electron chi connectivity index (χ1n) is 11.0. The molecule has 0 amide bonds. The lowest BCUT2D eigenvalue weighted by Gasteiger charge is -2.39. The van der Waals surface area contributed by atoms with Gasteiger partial charge in [-0.25, -0.2) is 4.79 Å². The van der Waals surface area contributed by atoms with Crippen molar-refractivity contribution < 1.29 is 23.9 Å². The molecular weight excluding hydrogens is 396 g/mol. The van der Waals surface area contributed by atoms with Gasteiger partial charge in [0.1, 0.15) is 0 Å². The van der Waals surface area contributed by atoms with Crippen molar-refractivity contribution in [1.82, 2.24) is 0 Å². The molecule has 1 N–H and O–H groups in total. The molecule has 0 unspecified atom stereocenters. The monoisotopic (exact) mass is 434 g/mol. The van der Waals surface area contributed by atoms with Crippen molar-refractivity contribution in [3.63, 3.8) is 0 Å². The first kappa shape index (κ1) is 24.6. The summed E-state index contributed by atoms with van der Waals surface area (Å²) in [6, 6.07) is 7.42. The van der Waals surface area contributed by atoms with Crippen LogP contribution in [-0.2, 0) is 14.0 Å². The third-order valence-electron chi connectivity index (χ3n) is 7.17. The summed E-state index contributed by atoms with van der Waals surface area (Å²) in [5.41, 5.74) is 0.926. The van der Waals surface area contributed by atoms with Gasteiger partial charge in [0.25, 0.3) is 0 Å². The van der Waals surface area contributed by atoms with Crippen molar-refractivity contribution in [2.45, 2.75) is 83.3 Å². The molecule has 1 fully saturated rings. The van der Waals surface area contributed by atoms with Gasteiger partial charge in [-0.05, 0) is 73.9 Å². The lowest BCUT2D eigenvalue weighted by Crippen LogP contribution is -2.41. The molecule has 0 aromatic heterocycles. The second-order valence-corrected chi connectivity index (χ2v) is 15.0. The molecule has 1 aromatic rings. The molecule has 5 nitrogen and oxygen atoms in total. The summed E-state index contributed by atoms with van der Waals surface area (Å²) in [6.07, 6.45) is 4.66. The van der Waals surface area contributed by atoms with Crippen LogP contribution in [0.2, 0.25) is 18.1 Å². The van der Waals surface area contributed by atoms with Gasteiger partial charge >= 0.3 is 11.9 Å². The summed E-state index contributed by atoms with van der Waals surface area (Å²) in [4.78, 5) is 24.0. The van der Waals surface area contributed by atoms with Crippen molar-refractivity contribution >= 4 is 20.3 Å². The van der Waals surface area contributed by atoms with E-state index in [-0.39, 0.29) is 16.9 Å². The van der Waals surface area contributed by atoms with E-state index >= 15 is 0 Å². The Kier molecular flexibility index (Phi) is 7.91. The summed E-state index contributed by atoms with van der Waals surface area (Å²) in [5, 5.41) is 10.3. The number of benzene rings is 1. The van der Waals surface area contributed by atoms with E-state index in [1.807, 2.05) is 12.1 Å². The predicted molar refractivity (Wildman–Crippen MR) is 121 cm³/mol. The lowest BCUT2D eigenvalue weighted by molar-refractivity contribution is -0.152. The number of esters is 1. The zero-order valence-corrected chi connectivity index (χ0v) is 20.4. The Morgan fingerprint density at radius 2 is 1.83 bits per heavy atom. The number of carboxylic acids is 1. The Morgan fingerprint density at radius 1 is 1.20 bits per heavy atom. The normalized spacial score (nSPS) is 22.5. The molecule has 0 aliphatic heterocycles. The first-order valence-corrected chi connectivity index (χ1v) is 13.9. The number of ether oxygens (including phenoxy) is 1. The van der Waals surface area contributed by atoms with Crippen LogP contribution in [0.15, 0.2) is 24.3 Å². The number of methoxy groups -OCH3 is 1. The number of carboxylic acid groups (broad SMARTS) is 1. The molecule has 1 aromatic carbocycles. The molecule has 1 saturated carbocycles. The highest BCUT2D eigenvalue weighted by Gasteiger charge is 2.43. The molecule has 1 aliphatic carbocycles. The number of aliphatic carboxylic acids is 1. The summed E-state index contributed by atoms with van der Waals surface area (Å²) >= 11 is 0. The Hall–Kier alpha value is -1.66. The number of hydrogen-bond donors (Lipinski definition) is 1. The zero-order valence-electron chi connectivity index (χ0n) is 19.4. The maximum absolute atomic E-state index is 12.3. The second-order valence-electron chi connectivity index (χ2n) is 10.2. The van der Waals surface area contributed by atoms with Crippen molar-refractivity contribution in [3.05, 3.63) is 35.4 Å². The average molecular weight is 435 g/mol. The van der Waals surface area contributed by atoms with Crippen molar-refractivity contribution in [1.29, 1.82) is 0 Å². The van der Waals surface area contributed by atoms with E-state index in [1.165, 1.54) is 7.11 Å². The molecule has 0 radical (unpaired) electrons. The van der Waals surface area contributed by atoms with E-state index in [0.717, 1.165) is 31.2 Å². The van der Waals surface area contributed by atoms with E-state index in [2.05, 4.69) is 33.9 Å². The van der Waals surface area contributed by atoms with Crippen LogP contribution >= 0.6 is 0 Å². The summed E-state index contributed by atoms with van der Waals surface area (Å²) < 4.78 is 11.0. The average Bonchev–Trinajstić information content (AvgIpc) is 2.70. The molecule has 0 bridgehead atoms. The van der Waals surface area contributed by atoms with Crippen LogP contribution < -0.4 is 0 Å². The van der Waals surface area contributed by atoms with Gasteiger partial charge in [0.05, 0.1) is 18.1 Å². The molecule has 2 rings (SSSR count). The molecule has 1 aliphatic rings. The van der Waals surface area contributed by atoms with Crippen LogP contribution in [-0.4, -0.2) is 39.1 Å². The third kappa shape index (κ3) is 5.73. The van der Waals surface area contributed by atoms with E-state index in [9.17, 15) is 14.7 Å². The fourth-order valence-corrected chi connectivity index (χ4v) is 5.23.